The molecule has 2 aromatic rings. The highest BCUT2D eigenvalue weighted by molar-refractivity contribution is 5.85. The van der Waals surface area contributed by atoms with Gasteiger partial charge < -0.3 is 9.80 Å². The third-order valence-corrected chi connectivity index (χ3v) is 6.00. The Morgan fingerprint density at radius 2 is 1.52 bits per heavy atom. The first-order valence-electron chi connectivity index (χ1n) is 10.5. The number of aryl methyl sites for hydroxylation is 1. The highest BCUT2D eigenvalue weighted by atomic mass is 19.1. The molecule has 0 spiro atoms. The second kappa shape index (κ2) is 8.76. The molecule has 1 saturated carbocycles. The van der Waals surface area contributed by atoms with Gasteiger partial charge in [-0.2, -0.15) is 0 Å². The highest BCUT2D eigenvalue weighted by Crippen LogP contribution is 2.43. The lowest BCUT2D eigenvalue weighted by Crippen LogP contribution is -2.51. The normalized spacial score (nSPS) is 17.8. The summed E-state index contributed by atoms with van der Waals surface area (Å²) in [6.07, 6.45) is 3.25. The lowest BCUT2D eigenvalue weighted by Gasteiger charge is -2.36. The molecule has 0 radical (unpaired) electrons. The van der Waals surface area contributed by atoms with Gasteiger partial charge in [-0.05, 0) is 48.4 Å². The fraction of sp³-hybridized carbons (Fsp3) is 0.417. The fourth-order valence-corrected chi connectivity index (χ4v) is 4.14. The summed E-state index contributed by atoms with van der Waals surface area (Å²) in [4.78, 5) is 29.5. The summed E-state index contributed by atoms with van der Waals surface area (Å²) in [7, 11) is 0. The zero-order valence-electron chi connectivity index (χ0n) is 16.6. The molecule has 29 heavy (non-hydrogen) atoms. The molecular weight excluding hydrogens is 367 g/mol. The van der Waals surface area contributed by atoms with Gasteiger partial charge in [0.15, 0.2) is 0 Å². The summed E-state index contributed by atoms with van der Waals surface area (Å²) in [6, 6.07) is 16.4. The summed E-state index contributed by atoms with van der Waals surface area (Å²) < 4.78 is 13.0. The van der Waals surface area contributed by atoms with Gasteiger partial charge >= 0.3 is 0 Å². The molecule has 1 saturated heterocycles. The maximum atomic E-state index is 13.2. The predicted octanol–water partition coefficient (Wildman–Crippen LogP) is 3.62. The van der Waals surface area contributed by atoms with E-state index in [0.29, 0.717) is 44.9 Å². The average Bonchev–Trinajstić information content (AvgIpc) is 3.59. The number of carbonyl (C=O) groups is 2. The van der Waals surface area contributed by atoms with Crippen molar-refractivity contribution in [3.8, 4) is 0 Å². The van der Waals surface area contributed by atoms with Gasteiger partial charge in [0.1, 0.15) is 5.82 Å². The molecule has 0 aromatic heterocycles. The van der Waals surface area contributed by atoms with Gasteiger partial charge in [0, 0.05) is 32.6 Å². The van der Waals surface area contributed by atoms with Crippen LogP contribution in [0.4, 0.5) is 4.39 Å². The highest BCUT2D eigenvalue weighted by Gasteiger charge is 2.40. The molecule has 5 heteroatoms. The van der Waals surface area contributed by atoms with Crippen molar-refractivity contribution in [3.05, 3.63) is 71.5 Å². The number of carbonyl (C=O) groups excluding carboxylic acids is 2. The number of benzene rings is 2. The third kappa shape index (κ3) is 4.84. The zero-order valence-corrected chi connectivity index (χ0v) is 16.6. The van der Waals surface area contributed by atoms with E-state index >= 15 is 0 Å². The quantitative estimate of drug-likeness (QED) is 0.751. The first-order chi connectivity index (χ1) is 14.1. The average molecular weight is 394 g/mol. The van der Waals surface area contributed by atoms with Crippen LogP contribution < -0.4 is 0 Å². The molecule has 2 fully saturated rings. The van der Waals surface area contributed by atoms with Crippen molar-refractivity contribution in [3.63, 3.8) is 0 Å². The molecule has 152 valence electrons. The van der Waals surface area contributed by atoms with Crippen LogP contribution in [0.15, 0.2) is 54.6 Å². The van der Waals surface area contributed by atoms with Gasteiger partial charge in [0.25, 0.3) is 0 Å². The van der Waals surface area contributed by atoms with Crippen LogP contribution in [0, 0.1) is 11.7 Å². The van der Waals surface area contributed by atoms with Crippen LogP contribution in [-0.2, 0) is 16.0 Å². The van der Waals surface area contributed by atoms with E-state index in [9.17, 15) is 14.0 Å². The molecule has 4 nitrogen and oxygen atoms in total. The molecule has 0 N–H and O–H groups in total. The summed E-state index contributed by atoms with van der Waals surface area (Å²) >= 11 is 0. The lowest BCUT2D eigenvalue weighted by molar-refractivity contribution is -0.140. The van der Waals surface area contributed by atoms with E-state index in [1.165, 1.54) is 12.1 Å². The van der Waals surface area contributed by atoms with Gasteiger partial charge in [-0.3, -0.25) is 9.59 Å². The van der Waals surface area contributed by atoms with E-state index < -0.39 is 0 Å². The first kappa shape index (κ1) is 19.6. The van der Waals surface area contributed by atoms with E-state index in [0.717, 1.165) is 24.0 Å². The van der Waals surface area contributed by atoms with Crippen molar-refractivity contribution in [1.82, 2.24) is 9.80 Å². The summed E-state index contributed by atoms with van der Waals surface area (Å²) in [5.74, 6) is 0.457. The summed E-state index contributed by atoms with van der Waals surface area (Å²) in [5, 5.41) is 0. The second-order valence-corrected chi connectivity index (χ2v) is 8.06. The Morgan fingerprint density at radius 1 is 0.897 bits per heavy atom. The van der Waals surface area contributed by atoms with Crippen LogP contribution >= 0.6 is 0 Å². The molecule has 1 aliphatic heterocycles. The summed E-state index contributed by atoms with van der Waals surface area (Å²) in [6.45, 7) is 2.36. The number of halogens is 1. The van der Waals surface area contributed by atoms with Gasteiger partial charge in [0.05, 0.1) is 5.92 Å². The van der Waals surface area contributed by atoms with Gasteiger partial charge in [-0.15, -0.1) is 0 Å². The van der Waals surface area contributed by atoms with E-state index in [2.05, 4.69) is 12.1 Å². The molecule has 0 bridgehead atoms. The van der Waals surface area contributed by atoms with Crippen molar-refractivity contribution >= 4 is 11.8 Å². The number of hydrogen-bond donors (Lipinski definition) is 0. The third-order valence-electron chi connectivity index (χ3n) is 6.00. The van der Waals surface area contributed by atoms with Gasteiger partial charge in [-0.25, -0.2) is 4.39 Å². The van der Waals surface area contributed by atoms with Crippen LogP contribution in [0.1, 0.15) is 36.3 Å². The van der Waals surface area contributed by atoms with E-state index in [1.807, 2.05) is 28.0 Å². The molecule has 2 amide bonds. The minimum absolute atomic E-state index is 0.0445. The van der Waals surface area contributed by atoms with E-state index in [4.69, 9.17) is 0 Å². The van der Waals surface area contributed by atoms with E-state index in [1.54, 1.807) is 12.1 Å². The molecule has 2 aromatic carbocycles. The minimum Gasteiger partial charge on any atom is -0.339 e. The Morgan fingerprint density at radius 3 is 2.14 bits per heavy atom. The summed E-state index contributed by atoms with van der Waals surface area (Å²) in [5.41, 5.74) is 2.07. The SMILES string of the molecule is O=C(CCc1ccc(F)cc1)N1CCN(C(=O)C(c2ccccc2)C2CC2)CC1. The fourth-order valence-electron chi connectivity index (χ4n) is 4.14. The van der Waals surface area contributed by atoms with Crippen molar-refractivity contribution in [2.45, 2.75) is 31.6 Å². The van der Waals surface area contributed by atoms with Crippen LogP contribution in [0.25, 0.3) is 0 Å². The van der Waals surface area contributed by atoms with Crippen molar-refractivity contribution in [1.29, 1.82) is 0 Å². The Balaban J connectivity index is 1.29. The standard InChI is InChI=1S/C24H27FN2O2/c25-21-11-6-18(7-12-21)8-13-22(28)26-14-16-27(17-15-26)24(29)23(20-9-10-20)19-4-2-1-3-5-19/h1-7,11-12,20,23H,8-10,13-17H2. The van der Waals surface area contributed by atoms with Crippen molar-refractivity contribution in [2.75, 3.05) is 26.2 Å². The number of hydrogen-bond acceptors (Lipinski definition) is 2. The maximum absolute atomic E-state index is 13.2. The van der Waals surface area contributed by atoms with Gasteiger partial charge in [-0.1, -0.05) is 42.5 Å². The van der Waals surface area contributed by atoms with Gasteiger partial charge in [0.2, 0.25) is 11.8 Å². The second-order valence-electron chi connectivity index (χ2n) is 8.06. The first-order valence-corrected chi connectivity index (χ1v) is 10.5. The molecule has 4 rings (SSSR count). The number of amides is 2. The zero-order chi connectivity index (χ0) is 20.2. The van der Waals surface area contributed by atoms with Crippen LogP contribution in [0.5, 0.6) is 0 Å². The maximum Gasteiger partial charge on any atom is 0.230 e. The largest absolute Gasteiger partial charge is 0.339 e. The minimum atomic E-state index is -0.263. The van der Waals surface area contributed by atoms with Crippen LogP contribution in [0.3, 0.4) is 0 Å². The number of rotatable bonds is 6. The molecule has 1 aliphatic carbocycles. The smallest absolute Gasteiger partial charge is 0.230 e. The Labute approximate surface area is 171 Å². The molecule has 2 aliphatic rings. The molecule has 1 unspecified atom stereocenters. The van der Waals surface area contributed by atoms with E-state index in [-0.39, 0.29) is 23.5 Å². The number of piperazine rings is 1. The van der Waals surface area contributed by atoms with Crippen molar-refractivity contribution in [2.24, 2.45) is 5.92 Å². The Kier molecular flexibility index (Phi) is 5.93. The lowest BCUT2D eigenvalue weighted by atomic mass is 9.92. The van der Waals surface area contributed by atoms with Crippen LogP contribution in [0.2, 0.25) is 0 Å². The van der Waals surface area contributed by atoms with Crippen molar-refractivity contribution < 1.29 is 14.0 Å². The molecule has 1 atom stereocenters. The molecule has 1 heterocycles. The Hall–Kier alpha value is -2.69. The molecular formula is C24H27FN2O2. The monoisotopic (exact) mass is 394 g/mol. The number of nitrogens with zero attached hydrogens (tertiary/aromatic N) is 2. The predicted molar refractivity (Wildman–Crippen MR) is 110 cm³/mol. The van der Waals surface area contributed by atoms with Crippen LogP contribution in [-0.4, -0.2) is 47.8 Å². The topological polar surface area (TPSA) is 40.6 Å². The Bertz CT molecular complexity index is 841.